The molecule has 1 atom stereocenters. The highest BCUT2D eigenvalue weighted by atomic mass is 16.3. The van der Waals surface area contributed by atoms with Crippen LogP contribution in [0.5, 0.6) is 0 Å². The summed E-state index contributed by atoms with van der Waals surface area (Å²) in [6.45, 7) is 8.37. The van der Waals surface area contributed by atoms with Gasteiger partial charge in [0.15, 0.2) is 0 Å². The summed E-state index contributed by atoms with van der Waals surface area (Å²) in [5, 5.41) is 11.4. The Balaban J connectivity index is 2.78. The summed E-state index contributed by atoms with van der Waals surface area (Å²) in [6, 6.07) is 4.35. The first-order valence-corrected chi connectivity index (χ1v) is 6.38. The second-order valence-electron chi connectivity index (χ2n) is 4.80. The monoisotopic (exact) mass is 231 g/mol. The molecule has 0 radical (unpaired) electrons. The lowest BCUT2D eigenvalue weighted by Crippen LogP contribution is -1.98. The molecule has 0 saturated carbocycles. The van der Waals surface area contributed by atoms with Gasteiger partial charge >= 0.3 is 0 Å². The Hall–Kier alpha value is -1.28. The Morgan fingerprint density at radius 1 is 1.24 bits per heavy atom. The smallest absolute Gasteiger partial charge is 0.0810 e. The molecule has 0 bridgehead atoms. The van der Waals surface area contributed by atoms with Crippen LogP contribution in [-0.4, -0.2) is 10.1 Å². The van der Waals surface area contributed by atoms with E-state index >= 15 is 0 Å². The van der Waals surface area contributed by atoms with Crippen molar-refractivity contribution in [2.24, 2.45) is 0 Å². The molecule has 92 valence electrons. The molecule has 1 aromatic carbocycles. The average molecular weight is 231 g/mol. The second-order valence-corrected chi connectivity index (χ2v) is 4.80. The van der Waals surface area contributed by atoms with Gasteiger partial charge in [0.2, 0.25) is 0 Å². The van der Waals surface area contributed by atoms with E-state index in [4.69, 9.17) is 0 Å². The van der Waals surface area contributed by atoms with Gasteiger partial charge in [0.05, 0.1) is 6.10 Å². The molecule has 2 aromatic rings. The topological polar surface area (TPSA) is 36.0 Å². The molecule has 0 amide bonds. The minimum Gasteiger partial charge on any atom is -0.388 e. The van der Waals surface area contributed by atoms with Crippen molar-refractivity contribution in [1.29, 1.82) is 0 Å². The number of aliphatic hydroxyl groups is 1. The Morgan fingerprint density at radius 3 is 2.53 bits per heavy atom. The van der Waals surface area contributed by atoms with E-state index < -0.39 is 0 Å². The van der Waals surface area contributed by atoms with Gasteiger partial charge in [-0.05, 0) is 38.3 Å². The summed E-state index contributed by atoms with van der Waals surface area (Å²) in [4.78, 5) is 3.46. The van der Waals surface area contributed by atoms with Crippen molar-refractivity contribution in [3.8, 4) is 0 Å². The van der Waals surface area contributed by atoms with Crippen LogP contribution in [-0.2, 0) is 6.42 Å². The molecule has 0 spiro atoms. The van der Waals surface area contributed by atoms with Crippen LogP contribution in [0.15, 0.2) is 12.1 Å². The van der Waals surface area contributed by atoms with Crippen molar-refractivity contribution in [3.05, 3.63) is 34.5 Å². The standard InChI is InChI=1S/C15H21NO/c1-5-12-14(13(17)6-2)11-8-9(3)7-10(4)15(11)16-12/h7-8,13,16-17H,5-6H2,1-4H3. The minimum absolute atomic E-state index is 0.361. The van der Waals surface area contributed by atoms with Gasteiger partial charge in [-0.1, -0.05) is 25.5 Å². The molecule has 2 rings (SSSR count). The number of aromatic nitrogens is 1. The third kappa shape index (κ3) is 1.98. The zero-order valence-corrected chi connectivity index (χ0v) is 11.1. The summed E-state index contributed by atoms with van der Waals surface area (Å²) in [7, 11) is 0. The molecule has 1 unspecified atom stereocenters. The highest BCUT2D eigenvalue weighted by molar-refractivity contribution is 5.88. The summed E-state index contributed by atoms with van der Waals surface area (Å²) in [5.41, 5.74) is 5.94. The van der Waals surface area contributed by atoms with Gasteiger partial charge in [-0.3, -0.25) is 0 Å². The maximum absolute atomic E-state index is 10.2. The van der Waals surface area contributed by atoms with Crippen LogP contribution >= 0.6 is 0 Å². The van der Waals surface area contributed by atoms with Crippen molar-refractivity contribution < 1.29 is 5.11 Å². The van der Waals surface area contributed by atoms with Crippen molar-refractivity contribution in [2.75, 3.05) is 0 Å². The Labute approximate surface area is 103 Å². The fraction of sp³-hybridized carbons (Fsp3) is 0.467. The average Bonchev–Trinajstić information content (AvgIpc) is 2.66. The summed E-state index contributed by atoms with van der Waals surface area (Å²) in [5.74, 6) is 0. The summed E-state index contributed by atoms with van der Waals surface area (Å²) >= 11 is 0. The minimum atomic E-state index is -0.361. The van der Waals surface area contributed by atoms with Crippen molar-refractivity contribution in [1.82, 2.24) is 4.98 Å². The van der Waals surface area contributed by atoms with Gasteiger partial charge in [-0.2, -0.15) is 0 Å². The number of hydrogen-bond donors (Lipinski definition) is 2. The molecule has 17 heavy (non-hydrogen) atoms. The Morgan fingerprint density at radius 2 is 1.94 bits per heavy atom. The van der Waals surface area contributed by atoms with Gasteiger partial charge in [0.25, 0.3) is 0 Å². The predicted molar refractivity (Wildman–Crippen MR) is 72.4 cm³/mol. The molecular weight excluding hydrogens is 210 g/mol. The summed E-state index contributed by atoms with van der Waals surface area (Å²) in [6.07, 6.45) is 1.33. The van der Waals surface area contributed by atoms with E-state index in [1.807, 2.05) is 6.92 Å². The lowest BCUT2D eigenvalue weighted by Gasteiger charge is -2.09. The first kappa shape index (κ1) is 12.2. The molecule has 1 heterocycles. The molecule has 0 aliphatic rings. The maximum Gasteiger partial charge on any atom is 0.0810 e. The quantitative estimate of drug-likeness (QED) is 0.828. The number of hydrogen-bond acceptors (Lipinski definition) is 1. The molecule has 0 aliphatic heterocycles. The normalized spacial score (nSPS) is 13.2. The number of aromatic amines is 1. The first-order chi connectivity index (χ1) is 8.08. The van der Waals surface area contributed by atoms with Gasteiger partial charge in [-0.25, -0.2) is 0 Å². The molecule has 2 N–H and O–H groups in total. The van der Waals surface area contributed by atoms with Crippen LogP contribution in [0, 0.1) is 13.8 Å². The van der Waals surface area contributed by atoms with Crippen LogP contribution in [0.25, 0.3) is 10.9 Å². The van der Waals surface area contributed by atoms with Crippen LogP contribution < -0.4 is 0 Å². The number of fused-ring (bicyclic) bond motifs is 1. The molecule has 1 aromatic heterocycles. The van der Waals surface area contributed by atoms with E-state index in [2.05, 4.69) is 37.9 Å². The van der Waals surface area contributed by atoms with E-state index in [0.717, 1.165) is 18.4 Å². The lowest BCUT2D eigenvalue weighted by atomic mass is 9.99. The number of H-pyrrole nitrogens is 1. The maximum atomic E-state index is 10.2. The van der Waals surface area contributed by atoms with E-state index in [1.165, 1.54) is 27.7 Å². The van der Waals surface area contributed by atoms with Gasteiger partial charge in [-0.15, -0.1) is 0 Å². The third-order valence-corrected chi connectivity index (χ3v) is 3.44. The zero-order chi connectivity index (χ0) is 12.6. The van der Waals surface area contributed by atoms with Crippen LogP contribution in [0.4, 0.5) is 0 Å². The molecule has 0 saturated heterocycles. The first-order valence-electron chi connectivity index (χ1n) is 6.38. The Bertz CT molecular complexity index is 539. The number of rotatable bonds is 3. The lowest BCUT2D eigenvalue weighted by molar-refractivity contribution is 0.174. The molecule has 0 fully saturated rings. The van der Waals surface area contributed by atoms with E-state index in [1.54, 1.807) is 0 Å². The van der Waals surface area contributed by atoms with Crippen LogP contribution in [0.3, 0.4) is 0 Å². The van der Waals surface area contributed by atoms with E-state index in [-0.39, 0.29) is 6.10 Å². The highest BCUT2D eigenvalue weighted by Gasteiger charge is 2.17. The van der Waals surface area contributed by atoms with E-state index in [0.29, 0.717) is 0 Å². The van der Waals surface area contributed by atoms with Crippen molar-refractivity contribution >= 4 is 10.9 Å². The molecular formula is C15H21NO. The van der Waals surface area contributed by atoms with Gasteiger partial charge < -0.3 is 10.1 Å². The molecule has 0 aliphatic carbocycles. The predicted octanol–water partition coefficient (Wildman–Crippen LogP) is 3.79. The fourth-order valence-electron chi connectivity index (χ4n) is 2.59. The number of aliphatic hydroxyl groups excluding tert-OH is 1. The number of nitrogens with one attached hydrogen (secondary N) is 1. The van der Waals surface area contributed by atoms with Crippen molar-refractivity contribution in [2.45, 2.75) is 46.6 Å². The third-order valence-electron chi connectivity index (χ3n) is 3.44. The van der Waals surface area contributed by atoms with Crippen LogP contribution in [0.2, 0.25) is 0 Å². The fourth-order valence-corrected chi connectivity index (χ4v) is 2.59. The van der Waals surface area contributed by atoms with E-state index in [9.17, 15) is 5.11 Å². The largest absolute Gasteiger partial charge is 0.388 e. The van der Waals surface area contributed by atoms with Gasteiger partial charge in [0.1, 0.15) is 0 Å². The van der Waals surface area contributed by atoms with Crippen molar-refractivity contribution in [3.63, 3.8) is 0 Å². The molecule has 2 heteroatoms. The summed E-state index contributed by atoms with van der Waals surface area (Å²) < 4.78 is 0. The van der Waals surface area contributed by atoms with Crippen LogP contribution in [0.1, 0.15) is 48.8 Å². The number of benzene rings is 1. The highest BCUT2D eigenvalue weighted by Crippen LogP contribution is 2.32. The molecule has 2 nitrogen and oxygen atoms in total. The zero-order valence-electron chi connectivity index (χ0n) is 11.1. The second kappa shape index (κ2) is 4.53. The Kier molecular flexibility index (Phi) is 3.25. The SMILES string of the molecule is CCc1[nH]c2c(C)cc(C)cc2c1C(O)CC. The number of aryl methyl sites for hydroxylation is 3. The van der Waals surface area contributed by atoms with Gasteiger partial charge in [0, 0.05) is 22.2 Å².